The van der Waals surface area contributed by atoms with Gasteiger partial charge in [-0.25, -0.2) is 0 Å². The lowest BCUT2D eigenvalue weighted by molar-refractivity contribution is 1.47. The lowest BCUT2D eigenvalue weighted by atomic mass is 9.92. The minimum Gasteiger partial charge on any atom is -0.143 e. The zero-order chi connectivity index (χ0) is 16.5. The molecule has 0 aliphatic rings. The van der Waals surface area contributed by atoms with E-state index >= 15 is 0 Å². The molecule has 0 spiro atoms. The number of benzene rings is 4. The number of fused-ring (bicyclic) bond motifs is 1. The normalized spacial score (nSPS) is 10.9. The average Bonchev–Trinajstić information content (AvgIpc) is 2.62. The van der Waals surface area contributed by atoms with Crippen molar-refractivity contribution in [1.29, 1.82) is 0 Å². The highest BCUT2D eigenvalue weighted by atomic mass is 32.1. The van der Waals surface area contributed by atoms with Gasteiger partial charge >= 0.3 is 0 Å². The maximum absolute atomic E-state index is 4.38. The lowest BCUT2D eigenvalue weighted by Crippen LogP contribution is -1.86. The molecule has 0 amide bonds. The van der Waals surface area contributed by atoms with Gasteiger partial charge in [0.25, 0.3) is 0 Å². The fourth-order valence-corrected chi connectivity index (χ4v) is 3.38. The number of hydrogen-bond donors (Lipinski definition) is 2. The summed E-state index contributed by atoms with van der Waals surface area (Å²) in [6, 6.07) is 29.6. The van der Waals surface area contributed by atoms with E-state index in [0.29, 0.717) is 0 Å². The molecule has 0 aliphatic carbocycles. The van der Waals surface area contributed by atoms with Gasteiger partial charge < -0.3 is 0 Å². The van der Waals surface area contributed by atoms with Crippen molar-refractivity contribution >= 4 is 36.0 Å². The molecule has 0 heterocycles. The minimum absolute atomic E-state index is 0.978. The second-order valence-corrected chi connectivity index (χ2v) is 6.83. The van der Waals surface area contributed by atoms with Gasteiger partial charge in [0, 0.05) is 9.79 Å². The first kappa shape index (κ1) is 15.4. The van der Waals surface area contributed by atoms with E-state index in [-0.39, 0.29) is 0 Å². The molecular formula is C22H16S2. The highest BCUT2D eigenvalue weighted by Crippen LogP contribution is 2.36. The summed E-state index contributed by atoms with van der Waals surface area (Å²) < 4.78 is 0. The van der Waals surface area contributed by atoms with Gasteiger partial charge in [-0.3, -0.25) is 0 Å². The van der Waals surface area contributed by atoms with E-state index in [9.17, 15) is 0 Å². The Morgan fingerprint density at radius 2 is 0.792 bits per heavy atom. The summed E-state index contributed by atoms with van der Waals surface area (Å²) >= 11 is 8.77. The van der Waals surface area contributed by atoms with Crippen LogP contribution in [0.15, 0.2) is 94.7 Å². The van der Waals surface area contributed by atoms with Crippen LogP contribution >= 0.6 is 25.3 Å². The zero-order valence-corrected chi connectivity index (χ0v) is 14.8. The van der Waals surface area contributed by atoms with Crippen molar-refractivity contribution in [3.05, 3.63) is 84.9 Å². The zero-order valence-electron chi connectivity index (χ0n) is 13.0. The van der Waals surface area contributed by atoms with Crippen molar-refractivity contribution < 1.29 is 0 Å². The molecule has 24 heavy (non-hydrogen) atoms. The Morgan fingerprint density at radius 1 is 0.417 bits per heavy atom. The van der Waals surface area contributed by atoms with Crippen molar-refractivity contribution in [2.24, 2.45) is 0 Å². The van der Waals surface area contributed by atoms with Crippen LogP contribution in [0.5, 0.6) is 0 Å². The Bertz CT molecular complexity index is 916. The van der Waals surface area contributed by atoms with Crippen molar-refractivity contribution in [3.8, 4) is 22.3 Å². The first-order valence-corrected chi connectivity index (χ1v) is 8.72. The molecule has 0 fully saturated rings. The molecule has 2 heteroatoms. The molecule has 0 radical (unpaired) electrons. The number of thiol groups is 2. The summed E-state index contributed by atoms with van der Waals surface area (Å²) in [5.41, 5.74) is 4.91. The van der Waals surface area contributed by atoms with E-state index in [1.807, 2.05) is 24.3 Å². The van der Waals surface area contributed by atoms with E-state index in [2.05, 4.69) is 85.9 Å². The maximum Gasteiger partial charge on any atom is 0.00404 e. The van der Waals surface area contributed by atoms with Crippen LogP contribution in [0.1, 0.15) is 0 Å². The molecule has 0 saturated heterocycles. The van der Waals surface area contributed by atoms with Crippen LogP contribution in [-0.4, -0.2) is 0 Å². The van der Waals surface area contributed by atoms with Gasteiger partial charge in [-0.1, -0.05) is 60.7 Å². The van der Waals surface area contributed by atoms with Crippen molar-refractivity contribution in [1.82, 2.24) is 0 Å². The molecule has 0 aromatic heterocycles. The molecular weight excluding hydrogens is 328 g/mol. The molecule has 0 aliphatic heterocycles. The molecule has 0 bridgehead atoms. The Morgan fingerprint density at radius 3 is 1.17 bits per heavy atom. The molecule has 4 aromatic rings. The van der Waals surface area contributed by atoms with Gasteiger partial charge in [-0.05, 0) is 57.3 Å². The fraction of sp³-hybridized carbons (Fsp3) is 0. The van der Waals surface area contributed by atoms with E-state index in [4.69, 9.17) is 0 Å². The Labute approximate surface area is 153 Å². The molecule has 0 unspecified atom stereocenters. The van der Waals surface area contributed by atoms with Gasteiger partial charge in [-0.15, -0.1) is 25.3 Å². The van der Waals surface area contributed by atoms with Crippen LogP contribution in [0.2, 0.25) is 0 Å². The summed E-state index contributed by atoms with van der Waals surface area (Å²) in [6.07, 6.45) is 0. The summed E-state index contributed by atoms with van der Waals surface area (Å²) in [7, 11) is 0. The second kappa shape index (κ2) is 6.39. The van der Waals surface area contributed by atoms with Crippen molar-refractivity contribution in [2.45, 2.75) is 9.79 Å². The van der Waals surface area contributed by atoms with Crippen LogP contribution in [0, 0.1) is 0 Å². The molecule has 0 N–H and O–H groups in total. The fourth-order valence-electron chi connectivity index (χ4n) is 3.08. The Hall–Kier alpha value is -2.16. The monoisotopic (exact) mass is 344 g/mol. The summed E-state index contributed by atoms with van der Waals surface area (Å²) in [6.45, 7) is 0. The van der Waals surface area contributed by atoms with Crippen LogP contribution < -0.4 is 0 Å². The largest absolute Gasteiger partial charge is 0.143 e. The molecule has 0 nitrogen and oxygen atoms in total. The molecule has 0 saturated carbocycles. The quantitative estimate of drug-likeness (QED) is 0.369. The Kier molecular flexibility index (Phi) is 4.09. The average molecular weight is 345 g/mol. The summed E-state index contributed by atoms with van der Waals surface area (Å²) in [4.78, 5) is 1.96. The minimum atomic E-state index is 0.978. The van der Waals surface area contributed by atoms with Crippen LogP contribution in [-0.2, 0) is 0 Å². The first-order chi connectivity index (χ1) is 11.7. The van der Waals surface area contributed by atoms with Crippen LogP contribution in [0.25, 0.3) is 33.0 Å². The van der Waals surface area contributed by atoms with Gasteiger partial charge in [0.2, 0.25) is 0 Å². The van der Waals surface area contributed by atoms with E-state index in [0.717, 1.165) is 9.79 Å². The van der Waals surface area contributed by atoms with Gasteiger partial charge in [0.05, 0.1) is 0 Å². The third-order valence-corrected chi connectivity index (χ3v) is 4.88. The molecule has 0 atom stereocenters. The highest BCUT2D eigenvalue weighted by molar-refractivity contribution is 7.80. The standard InChI is InChI=1S/C22H16S2/c23-17-9-5-15(6-10-17)19-13-14-20(16-7-11-18(24)12-8-16)22-4-2-1-3-21(19)22/h1-14,23-24H. The maximum atomic E-state index is 4.38. The van der Waals surface area contributed by atoms with Crippen LogP contribution in [0.4, 0.5) is 0 Å². The van der Waals surface area contributed by atoms with E-state index < -0.39 is 0 Å². The Balaban J connectivity index is 1.95. The number of hydrogen-bond acceptors (Lipinski definition) is 2. The SMILES string of the molecule is Sc1ccc(-c2ccc(-c3ccc(S)cc3)c3ccccc23)cc1. The van der Waals surface area contributed by atoms with E-state index in [1.165, 1.54) is 33.0 Å². The van der Waals surface area contributed by atoms with Gasteiger partial charge in [0.1, 0.15) is 0 Å². The first-order valence-electron chi connectivity index (χ1n) is 7.83. The second-order valence-electron chi connectivity index (χ2n) is 5.80. The van der Waals surface area contributed by atoms with Crippen LogP contribution in [0.3, 0.4) is 0 Å². The highest BCUT2D eigenvalue weighted by Gasteiger charge is 2.09. The topological polar surface area (TPSA) is 0 Å². The third kappa shape index (κ3) is 2.83. The molecule has 4 rings (SSSR count). The predicted molar refractivity (Wildman–Crippen MR) is 109 cm³/mol. The van der Waals surface area contributed by atoms with Crippen molar-refractivity contribution in [2.75, 3.05) is 0 Å². The molecule has 116 valence electrons. The van der Waals surface area contributed by atoms with Gasteiger partial charge in [0.15, 0.2) is 0 Å². The summed E-state index contributed by atoms with van der Waals surface area (Å²) in [5.74, 6) is 0. The predicted octanol–water partition coefficient (Wildman–Crippen LogP) is 6.75. The number of rotatable bonds is 2. The smallest absolute Gasteiger partial charge is 0.00404 e. The molecule has 4 aromatic carbocycles. The lowest BCUT2D eigenvalue weighted by Gasteiger charge is -2.12. The van der Waals surface area contributed by atoms with Gasteiger partial charge in [-0.2, -0.15) is 0 Å². The van der Waals surface area contributed by atoms with E-state index in [1.54, 1.807) is 0 Å². The third-order valence-electron chi connectivity index (χ3n) is 4.28. The summed E-state index contributed by atoms with van der Waals surface area (Å²) in [5, 5.41) is 2.52. The van der Waals surface area contributed by atoms with Crippen molar-refractivity contribution in [3.63, 3.8) is 0 Å².